The number of nitrogens with zero attached hydrogens (tertiary/aromatic N) is 13. The van der Waals surface area contributed by atoms with E-state index in [9.17, 15) is 0 Å². The zero-order valence-corrected chi connectivity index (χ0v) is 67.8. The number of benzene rings is 14. The highest BCUT2D eigenvalue weighted by Gasteiger charge is 2.24. The molecule has 126 heavy (non-hydrogen) atoms. The summed E-state index contributed by atoms with van der Waals surface area (Å²) in [6.07, 6.45) is 11.4. The molecule has 0 aliphatic carbocycles. The molecule has 0 saturated carbocycles. The number of rotatable bonds is 12. The van der Waals surface area contributed by atoms with E-state index >= 15 is 0 Å². The Morgan fingerprint density at radius 3 is 0.770 bits per heavy atom. The molecule has 12 aromatic heterocycles. The van der Waals surface area contributed by atoms with Gasteiger partial charge < -0.3 is 22.8 Å². The largest absolute Gasteiger partial charge is 0.309 e. The predicted molar refractivity (Wildman–Crippen MR) is 516 cm³/mol. The Bertz CT molecular complexity index is 8620. The molecule has 0 aliphatic rings. The highest BCUT2D eigenvalue weighted by Crippen LogP contribution is 2.44. The minimum atomic E-state index is 0.618. The molecule has 0 unspecified atom stereocenters. The lowest BCUT2D eigenvalue weighted by Crippen LogP contribution is -2.03. The van der Waals surface area contributed by atoms with Gasteiger partial charge in [0, 0.05) is 88.5 Å². The highest BCUT2D eigenvalue weighted by atomic mass is 15.2. The van der Waals surface area contributed by atoms with Crippen LogP contribution in [0.4, 0.5) is 0 Å². The van der Waals surface area contributed by atoms with E-state index in [0.29, 0.717) is 5.95 Å². The van der Waals surface area contributed by atoms with Gasteiger partial charge in [0.1, 0.15) is 0 Å². The van der Waals surface area contributed by atoms with Crippen LogP contribution in [0.3, 0.4) is 0 Å². The van der Waals surface area contributed by atoms with Gasteiger partial charge in [0.15, 0.2) is 0 Å². The SMILES string of the molecule is c1ccc(-c2cc(-n3c4ccccc4c4cc(-c5ccc6c(c5)c5ccccc5n6-c5cncc(-n6c7ccccc7c7ncccc76)c5)ccc43)cc(-c3ccccc3)n2)cc1.c1ccc(-c2cc(-n3c4ccccc4c4cc(-c5ccc6c(c5)c5ccccc5n6-c5ncc(-n6c7ccccc7c7ncccc76)cn5)ccc43)cc(-c3ccccc3)n2)cc1. The lowest BCUT2D eigenvalue weighted by molar-refractivity contribution is 0.967. The molecule has 0 spiro atoms. The van der Waals surface area contributed by atoms with Crippen molar-refractivity contribution in [1.82, 2.24) is 62.3 Å². The van der Waals surface area contributed by atoms with E-state index in [2.05, 4.69) is 385 Å². The van der Waals surface area contributed by atoms with Crippen molar-refractivity contribution in [3.05, 3.63) is 431 Å². The summed E-state index contributed by atoms with van der Waals surface area (Å²) in [7, 11) is 0. The van der Waals surface area contributed by atoms with Crippen molar-refractivity contribution in [2.75, 3.05) is 0 Å². The normalized spacial score (nSPS) is 11.8. The molecule has 12 heterocycles. The maximum atomic E-state index is 5.18. The molecule has 13 nitrogen and oxygen atoms in total. The van der Waals surface area contributed by atoms with Gasteiger partial charge in [-0.15, -0.1) is 0 Å². The topological polar surface area (TPSA) is 120 Å². The van der Waals surface area contributed by atoms with Gasteiger partial charge in [-0.25, -0.2) is 19.9 Å². The lowest BCUT2D eigenvalue weighted by Gasteiger charge is -2.13. The summed E-state index contributed by atoms with van der Waals surface area (Å²) in [5.41, 5.74) is 32.8. The summed E-state index contributed by atoms with van der Waals surface area (Å²) in [5, 5.41) is 11.7. The van der Waals surface area contributed by atoms with Gasteiger partial charge >= 0.3 is 0 Å². The molecule has 13 heteroatoms. The fourth-order valence-electron chi connectivity index (χ4n) is 19.3. The third-order valence-electron chi connectivity index (χ3n) is 24.9. The summed E-state index contributed by atoms with van der Waals surface area (Å²) in [6.45, 7) is 0. The molecule has 0 atom stereocenters. The average molecular weight is 1610 g/mol. The second-order valence-corrected chi connectivity index (χ2v) is 32.1. The standard InChI is InChI=1S/C57H36N6.C56H35N7/c1-3-14-37(15-4-1)49-33-41(34-50(60-49)38-16-5-2-6-17-38)61-51-21-10-7-18-44(51)47-30-39(25-27-54(47)61)40-26-28-55-48(31-40)45-19-8-11-22-52(45)62(55)42-32-43(36-58-35-42)63-53-23-12-9-20-46(53)57-56(63)24-13-29-59-57;1-3-14-36(15-4-1)47-32-40(33-48(60-47)37-16-5-2-6-17-37)61-49-21-10-7-18-42(49)45-30-38(25-27-52(45)61)39-26-28-53-46(31-39)43-19-8-11-22-50(43)63(53)56-58-34-41(35-59-56)62-51-23-12-9-20-44(51)55-54(62)24-13-29-57-55/h1-36H;1-35H. The number of hydrogen-bond donors (Lipinski definition) is 0. The van der Waals surface area contributed by atoms with Crippen molar-refractivity contribution in [3.63, 3.8) is 0 Å². The molecule has 0 saturated heterocycles. The number of aromatic nitrogens is 13. The average Bonchev–Trinajstić information content (AvgIpc) is 1.51. The summed E-state index contributed by atoms with van der Waals surface area (Å²) in [4.78, 5) is 34.7. The second kappa shape index (κ2) is 29.3. The van der Waals surface area contributed by atoms with Gasteiger partial charge in [0.25, 0.3) is 0 Å². The Balaban J connectivity index is 0.000000137. The fraction of sp³-hybridized carbons (Fsp3) is 0. The van der Waals surface area contributed by atoms with Crippen LogP contribution in [0.15, 0.2) is 431 Å². The predicted octanol–water partition coefficient (Wildman–Crippen LogP) is 27.7. The third-order valence-corrected chi connectivity index (χ3v) is 24.9. The van der Waals surface area contributed by atoms with Crippen molar-refractivity contribution in [3.8, 4) is 102 Å². The van der Waals surface area contributed by atoms with Crippen LogP contribution in [-0.2, 0) is 0 Å². The number of pyridine rings is 5. The summed E-state index contributed by atoms with van der Waals surface area (Å²) in [6, 6.07) is 140. The van der Waals surface area contributed by atoms with Crippen LogP contribution < -0.4 is 0 Å². The van der Waals surface area contributed by atoms with E-state index in [0.717, 1.165) is 194 Å². The third kappa shape index (κ3) is 11.7. The van der Waals surface area contributed by atoms with Crippen LogP contribution in [0.5, 0.6) is 0 Å². The first-order chi connectivity index (χ1) is 62.5. The molecule has 0 radical (unpaired) electrons. The molecular weight excluding hydrogens is 1540 g/mol. The van der Waals surface area contributed by atoms with Crippen LogP contribution in [0.1, 0.15) is 0 Å². The van der Waals surface area contributed by atoms with E-state index in [1.165, 1.54) is 32.3 Å². The molecule has 0 amide bonds. The molecule has 26 rings (SSSR count). The first kappa shape index (κ1) is 71.6. The van der Waals surface area contributed by atoms with Crippen molar-refractivity contribution < 1.29 is 0 Å². The van der Waals surface area contributed by atoms with Crippen LogP contribution in [0, 0.1) is 0 Å². The Labute approximate surface area is 721 Å². The van der Waals surface area contributed by atoms with Gasteiger partial charge in [-0.2, -0.15) is 0 Å². The number of para-hydroxylation sites is 6. The Morgan fingerprint density at radius 2 is 0.421 bits per heavy atom. The highest BCUT2D eigenvalue weighted by molar-refractivity contribution is 6.16. The zero-order chi connectivity index (χ0) is 82.9. The van der Waals surface area contributed by atoms with E-state index in [1.54, 1.807) is 0 Å². The fourth-order valence-corrected chi connectivity index (χ4v) is 19.3. The van der Waals surface area contributed by atoms with E-state index in [1.807, 2.05) is 73.6 Å². The van der Waals surface area contributed by atoms with Crippen LogP contribution >= 0.6 is 0 Å². The molecule has 14 aromatic carbocycles. The Kier molecular flexibility index (Phi) is 16.6. The monoisotopic (exact) mass is 1610 g/mol. The molecule has 588 valence electrons. The molecule has 0 fully saturated rings. The van der Waals surface area contributed by atoms with Crippen LogP contribution in [0.2, 0.25) is 0 Å². The molecular formula is C113H71N13. The molecule has 26 aromatic rings. The Hall–Kier alpha value is -17.3. The Morgan fingerprint density at radius 1 is 0.159 bits per heavy atom. The van der Waals surface area contributed by atoms with Gasteiger partial charge in [-0.3, -0.25) is 19.5 Å². The number of fused-ring (bicyclic) bond motifs is 18. The van der Waals surface area contributed by atoms with E-state index in [-0.39, 0.29) is 0 Å². The summed E-state index contributed by atoms with van der Waals surface area (Å²) in [5.74, 6) is 0.618. The maximum absolute atomic E-state index is 5.18. The van der Waals surface area contributed by atoms with Gasteiger partial charge in [-0.1, -0.05) is 255 Å². The van der Waals surface area contributed by atoms with Crippen molar-refractivity contribution in [1.29, 1.82) is 0 Å². The summed E-state index contributed by atoms with van der Waals surface area (Å²) >= 11 is 0. The maximum Gasteiger partial charge on any atom is 0.234 e. The first-order valence-corrected chi connectivity index (χ1v) is 42.4. The van der Waals surface area contributed by atoms with E-state index < -0.39 is 0 Å². The first-order valence-electron chi connectivity index (χ1n) is 42.4. The van der Waals surface area contributed by atoms with E-state index in [4.69, 9.17) is 34.9 Å². The number of hydrogen-bond acceptors (Lipinski definition) is 7. The zero-order valence-electron chi connectivity index (χ0n) is 67.8. The van der Waals surface area contributed by atoms with Crippen molar-refractivity contribution in [2.45, 2.75) is 0 Å². The molecule has 0 bridgehead atoms. The van der Waals surface area contributed by atoms with Gasteiger partial charge in [0.2, 0.25) is 5.95 Å². The minimum Gasteiger partial charge on any atom is -0.309 e. The second-order valence-electron chi connectivity index (χ2n) is 32.1. The summed E-state index contributed by atoms with van der Waals surface area (Å²) < 4.78 is 13.8. The molecule has 0 aliphatic heterocycles. The smallest absolute Gasteiger partial charge is 0.234 e. The van der Waals surface area contributed by atoms with Crippen LogP contribution in [-0.4, -0.2) is 62.3 Å². The lowest BCUT2D eigenvalue weighted by atomic mass is 10.0. The van der Waals surface area contributed by atoms with Gasteiger partial charge in [-0.05, 0) is 162 Å². The molecule has 0 N–H and O–H groups in total. The minimum absolute atomic E-state index is 0.618. The van der Waals surface area contributed by atoms with Crippen molar-refractivity contribution >= 4 is 131 Å². The van der Waals surface area contributed by atoms with Crippen molar-refractivity contribution in [2.24, 2.45) is 0 Å². The van der Waals surface area contributed by atoms with Gasteiger partial charge in [0.05, 0.1) is 153 Å². The van der Waals surface area contributed by atoms with Crippen LogP contribution in [0.25, 0.3) is 233 Å². The quantitative estimate of drug-likeness (QED) is 0.119.